The first-order valence-corrected chi connectivity index (χ1v) is 14.4. The molecule has 11 nitrogen and oxygen atoms in total. The molecule has 1 saturated heterocycles. The van der Waals surface area contributed by atoms with Crippen molar-refractivity contribution in [2.45, 2.75) is 59.1 Å². The van der Waals surface area contributed by atoms with Crippen molar-refractivity contribution in [2.24, 2.45) is 5.73 Å². The molecule has 1 aromatic heterocycles. The number of likely N-dealkylation sites (N-methyl/N-ethyl adjacent to an activating group) is 1. The van der Waals surface area contributed by atoms with Gasteiger partial charge in [0, 0.05) is 24.0 Å². The monoisotopic (exact) mass is 575 g/mol. The lowest BCUT2D eigenvalue weighted by Gasteiger charge is -2.32. The highest BCUT2D eigenvalue weighted by Crippen LogP contribution is 2.36. The number of nitrogens with two attached hydrogens (primary N) is 1. The van der Waals surface area contributed by atoms with Crippen LogP contribution in [0.1, 0.15) is 57.8 Å². The molecule has 0 saturated carbocycles. The zero-order chi connectivity index (χ0) is 29.3. The first-order valence-electron chi connectivity index (χ1n) is 13.6. The van der Waals surface area contributed by atoms with E-state index in [4.69, 9.17) is 20.0 Å². The summed E-state index contributed by atoms with van der Waals surface area (Å²) in [5.74, 6) is 0.406. The highest BCUT2D eigenvalue weighted by molar-refractivity contribution is 7.20. The van der Waals surface area contributed by atoms with Crippen molar-refractivity contribution in [3.8, 4) is 16.2 Å². The highest BCUT2D eigenvalue weighted by Gasteiger charge is 2.28. The molecular weight excluding hydrogens is 534 g/mol. The number of carbonyl (C=O) groups is 3. The maximum Gasteiger partial charge on any atom is 0.528 e. The van der Waals surface area contributed by atoms with Crippen LogP contribution >= 0.6 is 11.3 Å². The summed E-state index contributed by atoms with van der Waals surface area (Å²) in [6.07, 6.45) is 0.652. The van der Waals surface area contributed by atoms with Gasteiger partial charge in [-0.05, 0) is 82.6 Å². The fourth-order valence-electron chi connectivity index (χ4n) is 4.23. The number of hydrogen-bond donors (Lipinski definition) is 3. The van der Waals surface area contributed by atoms with Crippen LogP contribution in [0.2, 0.25) is 0 Å². The number of hydroxylamine groups is 2. The van der Waals surface area contributed by atoms with Gasteiger partial charge in [-0.25, -0.2) is 9.59 Å². The lowest BCUT2D eigenvalue weighted by Crippen LogP contribution is -2.48. The second-order valence-corrected chi connectivity index (χ2v) is 11.6. The van der Waals surface area contributed by atoms with Gasteiger partial charge >= 0.3 is 12.2 Å². The van der Waals surface area contributed by atoms with Crippen LogP contribution in [-0.2, 0) is 9.57 Å². The molecule has 40 heavy (non-hydrogen) atoms. The zero-order valence-corrected chi connectivity index (χ0v) is 24.8. The summed E-state index contributed by atoms with van der Waals surface area (Å²) in [5.41, 5.74) is 5.90. The number of benzene rings is 1. The molecule has 3 amide bonds. The number of anilines is 1. The van der Waals surface area contributed by atoms with Crippen LogP contribution in [0.5, 0.6) is 5.75 Å². The Morgan fingerprint density at radius 1 is 1.15 bits per heavy atom. The average molecular weight is 576 g/mol. The standard InChI is InChI=1S/C28H41N5O6S/c1-6-32(7-2)15-16-37-21-12-10-19(11-13-21)23-17-22(25(40-23)31-26(29)35)24(34)30-20-9-8-14-33(18-20)39-27(36)38-28(3,4)5/h10-13,17,20H,6-9,14-16,18H2,1-5H3,(H,30,34)(H3,29,31,35)/t20-/m0/s1. The van der Waals surface area contributed by atoms with Gasteiger partial charge < -0.3 is 30.3 Å². The Kier molecular flexibility index (Phi) is 11.2. The predicted molar refractivity (Wildman–Crippen MR) is 156 cm³/mol. The zero-order valence-electron chi connectivity index (χ0n) is 24.0. The van der Waals surface area contributed by atoms with Crippen LogP contribution < -0.4 is 21.1 Å². The lowest BCUT2D eigenvalue weighted by atomic mass is 10.1. The van der Waals surface area contributed by atoms with Gasteiger partial charge in [0.2, 0.25) is 0 Å². The second-order valence-electron chi connectivity index (χ2n) is 10.5. The number of carbonyl (C=O) groups excluding carboxylic acids is 3. The third-order valence-electron chi connectivity index (χ3n) is 6.24. The van der Waals surface area contributed by atoms with Crippen molar-refractivity contribution < 1.29 is 28.7 Å². The van der Waals surface area contributed by atoms with E-state index < -0.39 is 17.8 Å². The van der Waals surface area contributed by atoms with Gasteiger partial charge in [-0.15, -0.1) is 16.4 Å². The fraction of sp³-hybridized carbons (Fsp3) is 0.536. The average Bonchev–Trinajstić information content (AvgIpc) is 3.29. The molecule has 1 aliphatic heterocycles. The number of urea groups is 1. The Labute approximate surface area is 239 Å². The van der Waals surface area contributed by atoms with Crippen molar-refractivity contribution in [1.29, 1.82) is 0 Å². The van der Waals surface area contributed by atoms with E-state index in [-0.39, 0.29) is 11.9 Å². The number of rotatable bonds is 11. The summed E-state index contributed by atoms with van der Waals surface area (Å²) in [6, 6.07) is 8.33. The Morgan fingerprint density at radius 3 is 2.48 bits per heavy atom. The van der Waals surface area contributed by atoms with E-state index in [1.165, 1.54) is 16.4 Å². The topological polar surface area (TPSA) is 135 Å². The molecule has 0 aliphatic carbocycles. The molecule has 4 N–H and O–H groups in total. The minimum atomic E-state index is -0.782. The van der Waals surface area contributed by atoms with Crippen LogP contribution in [0.3, 0.4) is 0 Å². The van der Waals surface area contributed by atoms with Gasteiger partial charge in [0.05, 0.1) is 12.1 Å². The SMILES string of the molecule is CCN(CC)CCOc1ccc(-c2cc(C(=O)N[C@H]3CCCN(OC(=O)OC(C)(C)C)C3)c(NC(N)=O)s2)cc1. The van der Waals surface area contributed by atoms with Gasteiger partial charge in [-0.3, -0.25) is 10.1 Å². The summed E-state index contributed by atoms with van der Waals surface area (Å²) >= 11 is 1.26. The smallest absolute Gasteiger partial charge is 0.492 e. The highest BCUT2D eigenvalue weighted by atomic mass is 32.1. The largest absolute Gasteiger partial charge is 0.528 e. The Balaban J connectivity index is 1.65. The van der Waals surface area contributed by atoms with Gasteiger partial charge in [-0.2, -0.15) is 0 Å². The molecule has 0 unspecified atom stereocenters. The third-order valence-corrected chi connectivity index (χ3v) is 7.33. The number of hydrogen-bond acceptors (Lipinski definition) is 9. The number of amides is 3. The van der Waals surface area contributed by atoms with Gasteiger partial charge in [0.1, 0.15) is 23.0 Å². The van der Waals surface area contributed by atoms with Crippen molar-refractivity contribution >= 4 is 34.4 Å². The molecule has 2 heterocycles. The third kappa shape index (κ3) is 9.68. The van der Waals surface area contributed by atoms with E-state index in [0.29, 0.717) is 36.7 Å². The Hall–Kier alpha value is -3.35. The molecular formula is C28H41N5O6S. The van der Waals surface area contributed by atoms with Crippen molar-refractivity contribution in [3.63, 3.8) is 0 Å². The molecule has 0 radical (unpaired) electrons. The number of nitrogens with one attached hydrogen (secondary N) is 2. The van der Waals surface area contributed by atoms with Gasteiger partial charge in [0.15, 0.2) is 0 Å². The molecule has 1 atom stereocenters. The molecule has 0 bridgehead atoms. The van der Waals surface area contributed by atoms with Crippen molar-refractivity contribution in [1.82, 2.24) is 15.3 Å². The van der Waals surface area contributed by atoms with E-state index in [1.54, 1.807) is 26.8 Å². The van der Waals surface area contributed by atoms with E-state index >= 15 is 0 Å². The minimum absolute atomic E-state index is 0.263. The Morgan fingerprint density at radius 2 is 1.85 bits per heavy atom. The quantitative estimate of drug-likeness (QED) is 0.329. The van der Waals surface area contributed by atoms with Crippen LogP contribution in [0.15, 0.2) is 30.3 Å². The van der Waals surface area contributed by atoms with Crippen LogP contribution in [-0.4, -0.2) is 79.0 Å². The van der Waals surface area contributed by atoms with Crippen molar-refractivity contribution in [2.75, 3.05) is 44.6 Å². The number of thiophene rings is 1. The van der Waals surface area contributed by atoms with E-state index in [1.807, 2.05) is 24.3 Å². The van der Waals surface area contributed by atoms with Crippen LogP contribution in [0, 0.1) is 0 Å². The summed E-state index contributed by atoms with van der Waals surface area (Å²) in [5, 5.41) is 7.42. The number of ether oxygens (including phenoxy) is 2. The summed E-state index contributed by atoms with van der Waals surface area (Å²) in [4.78, 5) is 45.4. The molecule has 3 rings (SSSR count). The number of nitrogens with zero attached hydrogens (tertiary/aromatic N) is 2. The molecule has 1 aliphatic rings. The molecule has 1 fully saturated rings. The van der Waals surface area contributed by atoms with Crippen molar-refractivity contribution in [3.05, 3.63) is 35.9 Å². The molecule has 12 heteroatoms. The second kappa shape index (κ2) is 14.3. The summed E-state index contributed by atoms with van der Waals surface area (Å²) in [6.45, 7) is 13.8. The van der Waals surface area contributed by atoms with E-state index in [9.17, 15) is 14.4 Å². The number of piperidine rings is 1. The van der Waals surface area contributed by atoms with Crippen LogP contribution in [0.4, 0.5) is 14.6 Å². The normalized spacial score (nSPS) is 15.9. The molecule has 0 spiro atoms. The molecule has 1 aromatic carbocycles. The molecule has 2 aromatic rings. The predicted octanol–water partition coefficient (Wildman–Crippen LogP) is 4.69. The molecule has 220 valence electrons. The fourth-order valence-corrected chi connectivity index (χ4v) is 5.30. The van der Waals surface area contributed by atoms with Gasteiger partial charge in [0.25, 0.3) is 5.91 Å². The maximum atomic E-state index is 13.3. The van der Waals surface area contributed by atoms with E-state index in [2.05, 4.69) is 29.4 Å². The lowest BCUT2D eigenvalue weighted by molar-refractivity contribution is -0.154. The first-order chi connectivity index (χ1) is 19.0. The maximum absolute atomic E-state index is 13.3. The van der Waals surface area contributed by atoms with E-state index in [0.717, 1.165) is 42.2 Å². The number of primary amides is 1. The summed E-state index contributed by atoms with van der Waals surface area (Å²) in [7, 11) is 0. The Bertz CT molecular complexity index is 1140. The van der Waals surface area contributed by atoms with Gasteiger partial charge in [-0.1, -0.05) is 13.8 Å². The summed E-state index contributed by atoms with van der Waals surface area (Å²) < 4.78 is 11.1. The minimum Gasteiger partial charge on any atom is -0.492 e. The first kappa shape index (κ1) is 31.2. The van der Waals surface area contributed by atoms with Crippen LogP contribution in [0.25, 0.3) is 10.4 Å².